The topological polar surface area (TPSA) is 118 Å². The third-order valence-electron chi connectivity index (χ3n) is 5.05. The number of rotatable bonds is 10. The van der Waals surface area contributed by atoms with E-state index in [1.807, 2.05) is 45.9 Å². The lowest BCUT2D eigenvalue weighted by atomic mass is 10.1. The van der Waals surface area contributed by atoms with Gasteiger partial charge in [-0.1, -0.05) is 13.0 Å². The second kappa shape index (κ2) is 13.5. The summed E-state index contributed by atoms with van der Waals surface area (Å²) in [7, 11) is 0. The van der Waals surface area contributed by atoms with Gasteiger partial charge in [0.05, 0.1) is 17.3 Å². The Morgan fingerprint density at radius 3 is 2.46 bits per heavy atom. The molecule has 188 valence electrons. The van der Waals surface area contributed by atoms with Crippen molar-refractivity contribution in [3.63, 3.8) is 0 Å². The number of amides is 3. The molecule has 0 fully saturated rings. The first-order chi connectivity index (χ1) is 16.6. The lowest BCUT2D eigenvalue weighted by molar-refractivity contribution is -0.139. The van der Waals surface area contributed by atoms with Crippen LogP contribution < -0.4 is 25.5 Å². The Morgan fingerprint density at radius 1 is 1.06 bits per heavy atom. The van der Waals surface area contributed by atoms with Crippen molar-refractivity contribution in [2.24, 2.45) is 5.10 Å². The number of carbonyl (C=O) groups is 3. The van der Waals surface area contributed by atoms with Gasteiger partial charge in [-0.15, -0.1) is 0 Å². The highest BCUT2D eigenvalue weighted by Crippen LogP contribution is 2.36. The molecule has 10 heteroatoms. The molecule has 1 atom stereocenters. The first kappa shape index (κ1) is 27.8. The van der Waals surface area contributed by atoms with Crippen molar-refractivity contribution in [1.29, 1.82) is 0 Å². The number of hydrogen-bond acceptors (Lipinski definition) is 6. The smallest absolute Gasteiger partial charge is 0.329 e. The van der Waals surface area contributed by atoms with E-state index in [-0.39, 0.29) is 18.6 Å². The number of hydrazone groups is 1. The molecular weight excluding hydrogens is 516 g/mol. The van der Waals surface area contributed by atoms with Gasteiger partial charge in [-0.3, -0.25) is 14.4 Å². The summed E-state index contributed by atoms with van der Waals surface area (Å²) in [4.78, 5) is 36.0. The minimum Gasteiger partial charge on any atom is -0.490 e. The monoisotopic (exact) mass is 546 g/mol. The minimum absolute atomic E-state index is 0.113. The lowest BCUT2D eigenvalue weighted by Gasteiger charge is -2.15. The van der Waals surface area contributed by atoms with Gasteiger partial charge < -0.3 is 20.1 Å². The molecule has 0 spiro atoms. The molecule has 0 unspecified atom stereocenters. The van der Waals surface area contributed by atoms with Gasteiger partial charge in [0.1, 0.15) is 0 Å². The zero-order valence-electron chi connectivity index (χ0n) is 20.5. The average Bonchev–Trinajstić information content (AvgIpc) is 2.80. The van der Waals surface area contributed by atoms with Gasteiger partial charge in [0.25, 0.3) is 5.91 Å². The molecule has 0 radical (unpaired) electrons. The maximum Gasteiger partial charge on any atom is 0.329 e. The van der Waals surface area contributed by atoms with E-state index in [1.54, 1.807) is 19.1 Å². The third-order valence-corrected chi connectivity index (χ3v) is 5.63. The number of nitrogens with one attached hydrogen (secondary N) is 3. The van der Waals surface area contributed by atoms with Crippen LogP contribution in [0.5, 0.6) is 11.5 Å². The van der Waals surface area contributed by atoms with Crippen LogP contribution in [0, 0.1) is 13.8 Å². The van der Waals surface area contributed by atoms with E-state index in [2.05, 4.69) is 37.1 Å². The summed E-state index contributed by atoms with van der Waals surface area (Å²) in [6.07, 6.45) is 2.08. The lowest BCUT2D eigenvalue weighted by Crippen LogP contribution is -2.41. The number of hydrogen-bond donors (Lipinski definition) is 3. The van der Waals surface area contributed by atoms with E-state index in [4.69, 9.17) is 9.47 Å². The molecule has 2 aromatic rings. The fraction of sp³-hybridized carbons (Fsp3) is 0.360. The second-order valence-electron chi connectivity index (χ2n) is 7.88. The van der Waals surface area contributed by atoms with E-state index < -0.39 is 11.8 Å². The maximum absolute atomic E-state index is 12.4. The van der Waals surface area contributed by atoms with E-state index in [0.29, 0.717) is 40.3 Å². The van der Waals surface area contributed by atoms with Gasteiger partial charge in [0.2, 0.25) is 0 Å². The summed E-state index contributed by atoms with van der Waals surface area (Å²) in [6.45, 7) is 9.65. The second-order valence-corrected chi connectivity index (χ2v) is 8.74. The van der Waals surface area contributed by atoms with Crippen LogP contribution >= 0.6 is 15.9 Å². The van der Waals surface area contributed by atoms with Crippen molar-refractivity contribution >= 4 is 45.6 Å². The van der Waals surface area contributed by atoms with Crippen molar-refractivity contribution in [1.82, 2.24) is 10.7 Å². The summed E-state index contributed by atoms with van der Waals surface area (Å²) in [5.41, 5.74) is 5.68. The molecule has 35 heavy (non-hydrogen) atoms. The number of carbonyl (C=O) groups excluding carboxylic acids is 3. The SMILES string of the molecule is CCOc1cc(/C=N\NC(=O)C(=O)N[C@H](C)CC)cc(Br)c1OCC(=O)Nc1ccc(C)c(C)c1. The van der Waals surface area contributed by atoms with Crippen molar-refractivity contribution < 1.29 is 23.9 Å². The van der Waals surface area contributed by atoms with E-state index in [1.165, 1.54) is 6.21 Å². The summed E-state index contributed by atoms with van der Waals surface area (Å²) >= 11 is 3.43. The fourth-order valence-corrected chi connectivity index (χ4v) is 3.40. The summed E-state index contributed by atoms with van der Waals surface area (Å²) in [6, 6.07) is 8.90. The molecule has 2 aromatic carbocycles. The van der Waals surface area contributed by atoms with Gasteiger partial charge in [-0.2, -0.15) is 5.10 Å². The Hall–Kier alpha value is -3.40. The summed E-state index contributed by atoms with van der Waals surface area (Å²) < 4.78 is 11.9. The van der Waals surface area contributed by atoms with Gasteiger partial charge in [-0.05, 0) is 91.0 Å². The first-order valence-electron chi connectivity index (χ1n) is 11.2. The average molecular weight is 547 g/mol. The Kier molecular flexibility index (Phi) is 10.7. The van der Waals surface area contributed by atoms with E-state index in [0.717, 1.165) is 11.1 Å². The molecular formula is C25H31BrN4O5. The molecule has 0 aliphatic carbocycles. The van der Waals surface area contributed by atoms with Crippen LogP contribution in [0.4, 0.5) is 5.69 Å². The fourth-order valence-electron chi connectivity index (χ4n) is 2.83. The Balaban J connectivity index is 2.04. The van der Waals surface area contributed by atoms with E-state index in [9.17, 15) is 14.4 Å². The highest BCUT2D eigenvalue weighted by Gasteiger charge is 2.16. The zero-order valence-corrected chi connectivity index (χ0v) is 22.1. The largest absolute Gasteiger partial charge is 0.490 e. The van der Waals surface area contributed by atoms with Gasteiger partial charge >= 0.3 is 11.8 Å². The molecule has 0 aliphatic rings. The maximum atomic E-state index is 12.4. The van der Waals surface area contributed by atoms with Crippen LogP contribution in [0.2, 0.25) is 0 Å². The van der Waals surface area contributed by atoms with Crippen LogP contribution in [-0.2, 0) is 14.4 Å². The van der Waals surface area contributed by atoms with Gasteiger partial charge in [-0.25, -0.2) is 5.43 Å². The van der Waals surface area contributed by atoms with Crippen molar-refractivity contribution in [3.05, 3.63) is 51.5 Å². The van der Waals surface area contributed by atoms with Crippen molar-refractivity contribution in [3.8, 4) is 11.5 Å². The predicted octanol–water partition coefficient (Wildman–Crippen LogP) is 3.85. The predicted molar refractivity (Wildman–Crippen MR) is 139 cm³/mol. The molecule has 9 nitrogen and oxygen atoms in total. The van der Waals surface area contributed by atoms with Gasteiger partial charge in [0.15, 0.2) is 18.1 Å². The Bertz CT molecular complexity index is 1100. The third kappa shape index (κ3) is 8.71. The number of aryl methyl sites for hydroxylation is 2. The number of halogens is 1. The normalized spacial score (nSPS) is 11.6. The molecule has 2 rings (SSSR count). The van der Waals surface area contributed by atoms with Crippen LogP contribution in [0.15, 0.2) is 39.9 Å². The molecule has 3 N–H and O–H groups in total. The van der Waals surface area contributed by atoms with Crippen LogP contribution in [0.3, 0.4) is 0 Å². The van der Waals surface area contributed by atoms with Crippen LogP contribution in [0.25, 0.3) is 0 Å². The molecule has 0 aromatic heterocycles. The molecule has 0 saturated carbocycles. The van der Waals surface area contributed by atoms with Crippen LogP contribution in [0.1, 0.15) is 43.9 Å². The highest BCUT2D eigenvalue weighted by molar-refractivity contribution is 9.10. The quantitative estimate of drug-likeness (QED) is 0.237. The van der Waals surface area contributed by atoms with Crippen molar-refractivity contribution in [2.45, 2.75) is 47.1 Å². The molecule has 0 aliphatic heterocycles. The number of ether oxygens (including phenoxy) is 2. The van der Waals surface area contributed by atoms with Crippen molar-refractivity contribution in [2.75, 3.05) is 18.5 Å². The highest BCUT2D eigenvalue weighted by atomic mass is 79.9. The molecule has 3 amide bonds. The van der Waals surface area contributed by atoms with Crippen LogP contribution in [-0.4, -0.2) is 43.2 Å². The summed E-state index contributed by atoms with van der Waals surface area (Å²) in [5, 5.41) is 9.21. The number of nitrogens with zero attached hydrogens (tertiary/aromatic N) is 1. The number of benzene rings is 2. The Labute approximate surface area is 213 Å². The molecule has 0 heterocycles. The van der Waals surface area contributed by atoms with E-state index >= 15 is 0 Å². The standard InChI is InChI=1S/C25H31BrN4O5/c1-6-17(5)28-24(32)25(33)30-27-13-18-11-20(26)23(21(12-18)34-7-2)35-14-22(31)29-19-9-8-15(3)16(4)10-19/h8-13,17H,6-7,14H2,1-5H3,(H,28,32)(H,29,31)(H,30,33)/b27-13-/t17-/m1/s1. The van der Waals surface area contributed by atoms with Gasteiger partial charge in [0, 0.05) is 11.7 Å². The number of anilines is 1. The summed E-state index contributed by atoms with van der Waals surface area (Å²) in [5.74, 6) is -1.18. The first-order valence-corrected chi connectivity index (χ1v) is 12.0. The minimum atomic E-state index is -0.861. The molecule has 0 saturated heterocycles. The Morgan fingerprint density at radius 2 is 1.80 bits per heavy atom. The zero-order chi connectivity index (χ0) is 26.0. The molecule has 0 bridgehead atoms.